The third-order valence-electron chi connectivity index (χ3n) is 2.47. The molecule has 0 aromatic heterocycles. The fourth-order valence-corrected chi connectivity index (χ4v) is 2.57. The zero-order valence-electron chi connectivity index (χ0n) is 9.04. The number of ketones is 2. The average Bonchev–Trinajstić information content (AvgIpc) is 2.15. The van der Waals surface area contributed by atoms with E-state index in [1.807, 2.05) is 0 Å². The van der Waals surface area contributed by atoms with E-state index in [0.717, 1.165) is 0 Å². The van der Waals surface area contributed by atoms with Crippen molar-refractivity contribution in [1.82, 2.24) is 0 Å². The van der Waals surface area contributed by atoms with Gasteiger partial charge >= 0.3 is 29.6 Å². The summed E-state index contributed by atoms with van der Waals surface area (Å²) in [7, 11) is -4.92. The Balaban J connectivity index is 0.00000144. The fraction of sp³-hybridized carbons (Fsp3) is 0.200. The van der Waals surface area contributed by atoms with Crippen molar-refractivity contribution in [2.24, 2.45) is 0 Å². The number of hydrogen-bond donors (Lipinski definition) is 0. The molecule has 0 spiro atoms. The van der Waals surface area contributed by atoms with Crippen LogP contribution < -0.4 is 29.6 Å². The Hall–Kier alpha value is -0.530. The van der Waals surface area contributed by atoms with Crippen molar-refractivity contribution in [3.63, 3.8) is 0 Å². The Bertz CT molecular complexity index is 578. The summed E-state index contributed by atoms with van der Waals surface area (Å²) in [5, 5.41) is -2.07. The first-order valence-electron chi connectivity index (χ1n) is 4.51. The number of Topliss-reactive ketones (excluding diaryl/α,β-unsaturated/α-hetero) is 2. The van der Waals surface area contributed by atoms with E-state index in [4.69, 9.17) is 0 Å². The van der Waals surface area contributed by atoms with Crippen LogP contribution in [0.2, 0.25) is 0 Å². The Labute approximate surface area is 120 Å². The summed E-state index contributed by atoms with van der Waals surface area (Å²) in [6.07, 6.45) is -0.186. The zero-order valence-corrected chi connectivity index (χ0v) is 11.9. The molecule has 1 aromatic carbocycles. The monoisotopic (exact) mass is 262 g/mol. The largest absolute Gasteiger partial charge is 1.00 e. The third-order valence-corrected chi connectivity index (χ3v) is 3.52. The maximum Gasteiger partial charge on any atom is 1.00 e. The molecule has 2 rings (SSSR count). The molecule has 0 heterocycles. The molecule has 0 bridgehead atoms. The molecule has 1 aromatic rings. The molecule has 7 heteroatoms. The van der Waals surface area contributed by atoms with Gasteiger partial charge in [0.25, 0.3) is 0 Å². The van der Waals surface area contributed by atoms with E-state index in [-0.39, 0.29) is 41.5 Å². The van der Waals surface area contributed by atoms with E-state index in [9.17, 15) is 22.6 Å². The van der Waals surface area contributed by atoms with Gasteiger partial charge in [0.2, 0.25) is 0 Å². The molecule has 1 aliphatic rings. The maximum absolute atomic E-state index is 11.7. The Kier molecular flexibility index (Phi) is 4.27. The molecule has 84 valence electrons. The first-order valence-corrected chi connectivity index (χ1v) is 5.98. The van der Waals surface area contributed by atoms with Gasteiger partial charge in [-0.2, -0.15) is 0 Å². The SMILES string of the molecule is O=C1Cc2ccccc2C(=O)C1S(=O)(=O)[O-].[Na+]. The molecule has 17 heavy (non-hydrogen) atoms. The number of fused-ring (bicyclic) bond motifs is 1. The smallest absolute Gasteiger partial charge is 0.747 e. The zero-order chi connectivity index (χ0) is 11.9. The van der Waals surface area contributed by atoms with Gasteiger partial charge in [-0.3, -0.25) is 9.59 Å². The molecule has 1 aliphatic carbocycles. The van der Waals surface area contributed by atoms with Crippen LogP contribution >= 0.6 is 0 Å². The summed E-state index contributed by atoms with van der Waals surface area (Å²) in [5.41, 5.74) is 0.615. The first-order chi connectivity index (χ1) is 7.41. The van der Waals surface area contributed by atoms with E-state index >= 15 is 0 Å². The normalized spacial score (nSPS) is 19.5. The van der Waals surface area contributed by atoms with Crippen LogP contribution in [0.25, 0.3) is 0 Å². The van der Waals surface area contributed by atoms with Gasteiger partial charge in [-0.25, -0.2) is 8.42 Å². The number of hydrogen-bond acceptors (Lipinski definition) is 5. The minimum absolute atomic E-state index is 0. The van der Waals surface area contributed by atoms with Gasteiger partial charge in [0.15, 0.2) is 16.8 Å². The van der Waals surface area contributed by atoms with Crippen LogP contribution in [-0.2, 0) is 21.3 Å². The van der Waals surface area contributed by atoms with Crippen molar-refractivity contribution in [3.8, 4) is 0 Å². The summed E-state index contributed by atoms with van der Waals surface area (Å²) < 4.78 is 32.5. The van der Waals surface area contributed by atoms with Crippen LogP contribution in [0, 0.1) is 0 Å². The van der Waals surface area contributed by atoms with Crippen molar-refractivity contribution in [3.05, 3.63) is 35.4 Å². The topological polar surface area (TPSA) is 91.3 Å². The van der Waals surface area contributed by atoms with Gasteiger partial charge in [0.05, 0.1) is 0 Å². The molecular weight excluding hydrogens is 255 g/mol. The van der Waals surface area contributed by atoms with Crippen molar-refractivity contribution in [2.45, 2.75) is 11.7 Å². The molecule has 0 saturated carbocycles. The van der Waals surface area contributed by atoms with Crippen LogP contribution in [0.4, 0.5) is 0 Å². The summed E-state index contributed by atoms with van der Waals surface area (Å²) in [6, 6.07) is 6.19. The van der Waals surface area contributed by atoms with Crippen molar-refractivity contribution < 1.29 is 52.1 Å². The summed E-state index contributed by atoms with van der Waals surface area (Å²) in [5.74, 6) is -1.76. The van der Waals surface area contributed by atoms with Gasteiger partial charge in [-0.1, -0.05) is 24.3 Å². The minimum atomic E-state index is -4.92. The molecule has 5 nitrogen and oxygen atoms in total. The van der Waals surface area contributed by atoms with Gasteiger partial charge in [0, 0.05) is 12.0 Å². The standard InChI is InChI=1S/C10H8O5S.Na/c11-8-5-6-3-1-2-4-7(6)9(12)10(8)16(13,14)15;/h1-4,10H,5H2,(H,13,14,15);/q;+1/p-1. The molecule has 1 atom stereocenters. The second-order valence-electron chi connectivity index (χ2n) is 3.54. The molecule has 0 N–H and O–H groups in total. The van der Waals surface area contributed by atoms with Crippen molar-refractivity contribution in [2.75, 3.05) is 0 Å². The van der Waals surface area contributed by atoms with Crippen LogP contribution in [0.1, 0.15) is 15.9 Å². The second kappa shape index (κ2) is 4.99. The van der Waals surface area contributed by atoms with Gasteiger partial charge in [-0.05, 0) is 5.56 Å². The Morgan fingerprint density at radius 3 is 2.35 bits per heavy atom. The van der Waals surface area contributed by atoms with Crippen molar-refractivity contribution in [1.29, 1.82) is 0 Å². The Morgan fingerprint density at radius 2 is 1.76 bits per heavy atom. The van der Waals surface area contributed by atoms with E-state index in [1.54, 1.807) is 18.2 Å². The second-order valence-corrected chi connectivity index (χ2v) is 4.99. The quantitative estimate of drug-likeness (QED) is 0.304. The number of carbonyl (C=O) groups is 2. The van der Waals surface area contributed by atoms with Gasteiger partial charge in [-0.15, -0.1) is 0 Å². The molecule has 0 aliphatic heterocycles. The molecule has 0 radical (unpaired) electrons. The minimum Gasteiger partial charge on any atom is -0.747 e. The predicted octanol–water partition coefficient (Wildman–Crippen LogP) is -3.09. The number of rotatable bonds is 1. The van der Waals surface area contributed by atoms with Crippen LogP contribution in [0.15, 0.2) is 24.3 Å². The van der Waals surface area contributed by atoms with Gasteiger partial charge < -0.3 is 4.55 Å². The predicted molar refractivity (Wildman–Crippen MR) is 53.0 cm³/mol. The molecule has 0 fully saturated rings. The first kappa shape index (κ1) is 14.5. The molecule has 0 amide bonds. The van der Waals surface area contributed by atoms with E-state index in [0.29, 0.717) is 5.56 Å². The van der Waals surface area contributed by atoms with E-state index in [2.05, 4.69) is 0 Å². The summed E-state index contributed by atoms with van der Waals surface area (Å²) >= 11 is 0. The molecular formula is C10H7NaO5S. The van der Waals surface area contributed by atoms with Crippen LogP contribution in [0.5, 0.6) is 0 Å². The molecule has 1 unspecified atom stereocenters. The van der Waals surface area contributed by atoms with Crippen molar-refractivity contribution >= 4 is 21.7 Å². The van der Waals surface area contributed by atoms with E-state index < -0.39 is 26.9 Å². The van der Waals surface area contributed by atoms with Gasteiger partial charge in [0.1, 0.15) is 10.1 Å². The fourth-order valence-electron chi connectivity index (χ4n) is 1.77. The Morgan fingerprint density at radius 1 is 1.18 bits per heavy atom. The summed E-state index contributed by atoms with van der Waals surface area (Å²) in [6.45, 7) is 0. The number of carbonyl (C=O) groups excluding carboxylic acids is 2. The van der Waals surface area contributed by atoms with Crippen LogP contribution in [0.3, 0.4) is 0 Å². The third kappa shape index (κ3) is 2.66. The summed E-state index contributed by atoms with van der Waals surface area (Å²) in [4.78, 5) is 23.1. The number of benzene rings is 1. The molecule has 0 saturated heterocycles. The van der Waals surface area contributed by atoms with Crippen LogP contribution in [-0.4, -0.2) is 29.8 Å². The average molecular weight is 262 g/mol. The maximum atomic E-state index is 11.7. The van der Waals surface area contributed by atoms with E-state index in [1.165, 1.54) is 6.07 Å².